The number of unbranched alkanes of at least 4 members (excludes halogenated alkanes) is 1. The number of rotatable bonds is 5. The Morgan fingerprint density at radius 1 is 1.26 bits per heavy atom. The molecule has 0 aliphatic carbocycles. The summed E-state index contributed by atoms with van der Waals surface area (Å²) in [6.07, 6.45) is 4.80. The first-order valence-electron chi connectivity index (χ1n) is 7.39. The highest BCUT2D eigenvalue weighted by molar-refractivity contribution is 6.30. The highest BCUT2D eigenvalue weighted by Gasteiger charge is 2.24. The summed E-state index contributed by atoms with van der Waals surface area (Å²) in [5.74, 6) is 0.682. The monoisotopic (exact) mass is 280 g/mol. The van der Waals surface area contributed by atoms with Crippen molar-refractivity contribution in [3.8, 4) is 0 Å². The lowest BCUT2D eigenvalue weighted by atomic mass is 9.89. The van der Waals surface area contributed by atoms with Crippen LogP contribution in [0.4, 0.5) is 0 Å². The molecule has 1 aromatic carbocycles. The SMILES string of the molecule is CCCCN1CC(N)CC(Cc2ccc(Cl)cc2)C1. The van der Waals surface area contributed by atoms with E-state index in [1.807, 2.05) is 12.1 Å². The van der Waals surface area contributed by atoms with Crippen LogP contribution in [0, 0.1) is 5.92 Å². The van der Waals surface area contributed by atoms with Gasteiger partial charge in [0.05, 0.1) is 0 Å². The maximum atomic E-state index is 6.20. The highest BCUT2D eigenvalue weighted by atomic mass is 35.5. The van der Waals surface area contributed by atoms with E-state index < -0.39 is 0 Å². The molecule has 1 aliphatic rings. The van der Waals surface area contributed by atoms with Crippen molar-refractivity contribution < 1.29 is 0 Å². The van der Waals surface area contributed by atoms with Crippen molar-refractivity contribution in [2.75, 3.05) is 19.6 Å². The number of hydrogen-bond donors (Lipinski definition) is 1. The summed E-state index contributed by atoms with van der Waals surface area (Å²) < 4.78 is 0. The van der Waals surface area contributed by atoms with E-state index in [0.29, 0.717) is 12.0 Å². The third kappa shape index (κ3) is 4.79. The van der Waals surface area contributed by atoms with Crippen LogP contribution in [0.2, 0.25) is 5.02 Å². The molecule has 106 valence electrons. The van der Waals surface area contributed by atoms with Crippen molar-refractivity contribution in [3.05, 3.63) is 34.9 Å². The fourth-order valence-corrected chi connectivity index (χ4v) is 3.14. The quantitative estimate of drug-likeness (QED) is 0.896. The molecule has 1 aromatic rings. The lowest BCUT2D eigenvalue weighted by Crippen LogP contribution is -2.47. The molecule has 1 saturated heterocycles. The van der Waals surface area contributed by atoms with Gasteiger partial charge >= 0.3 is 0 Å². The topological polar surface area (TPSA) is 29.3 Å². The van der Waals surface area contributed by atoms with Crippen LogP contribution in [0.5, 0.6) is 0 Å². The third-order valence-corrected chi connectivity index (χ3v) is 4.16. The third-order valence-electron chi connectivity index (χ3n) is 3.91. The largest absolute Gasteiger partial charge is 0.327 e. The van der Waals surface area contributed by atoms with Gasteiger partial charge in [0.2, 0.25) is 0 Å². The summed E-state index contributed by atoms with van der Waals surface area (Å²) in [5, 5.41) is 0.814. The molecular weight excluding hydrogens is 256 g/mol. The van der Waals surface area contributed by atoms with Crippen molar-refractivity contribution in [2.45, 2.75) is 38.6 Å². The van der Waals surface area contributed by atoms with Crippen molar-refractivity contribution in [1.29, 1.82) is 0 Å². The number of nitrogens with two attached hydrogens (primary N) is 1. The molecule has 2 unspecified atom stereocenters. The molecule has 0 radical (unpaired) electrons. The molecule has 3 heteroatoms. The molecule has 2 atom stereocenters. The van der Waals surface area contributed by atoms with E-state index in [1.54, 1.807) is 0 Å². The van der Waals surface area contributed by atoms with Crippen LogP contribution in [-0.2, 0) is 6.42 Å². The van der Waals surface area contributed by atoms with Gasteiger partial charge in [0, 0.05) is 24.2 Å². The van der Waals surface area contributed by atoms with E-state index >= 15 is 0 Å². The van der Waals surface area contributed by atoms with Crippen LogP contribution in [0.15, 0.2) is 24.3 Å². The standard InChI is InChI=1S/C16H25ClN2/c1-2-3-8-19-11-14(10-16(18)12-19)9-13-4-6-15(17)7-5-13/h4-7,14,16H,2-3,8-12,18H2,1H3. The summed E-state index contributed by atoms with van der Waals surface area (Å²) in [6, 6.07) is 8.57. The second-order valence-corrected chi connectivity index (χ2v) is 6.24. The predicted molar refractivity (Wildman–Crippen MR) is 82.6 cm³/mol. The summed E-state index contributed by atoms with van der Waals surface area (Å²) in [5.41, 5.74) is 7.58. The Hall–Kier alpha value is -0.570. The zero-order valence-corrected chi connectivity index (χ0v) is 12.6. The molecule has 0 bridgehead atoms. The number of piperidine rings is 1. The van der Waals surface area contributed by atoms with Gasteiger partial charge in [0.1, 0.15) is 0 Å². The molecular formula is C16H25ClN2. The molecule has 2 nitrogen and oxygen atoms in total. The lowest BCUT2D eigenvalue weighted by Gasteiger charge is -2.36. The van der Waals surface area contributed by atoms with E-state index in [2.05, 4.69) is 24.0 Å². The molecule has 19 heavy (non-hydrogen) atoms. The minimum Gasteiger partial charge on any atom is -0.327 e. The summed E-state index contributed by atoms with van der Waals surface area (Å²) in [6.45, 7) is 5.70. The van der Waals surface area contributed by atoms with E-state index in [4.69, 9.17) is 17.3 Å². The first kappa shape index (κ1) is 14.8. The van der Waals surface area contributed by atoms with E-state index in [1.165, 1.54) is 31.5 Å². The maximum Gasteiger partial charge on any atom is 0.0406 e. The average molecular weight is 281 g/mol. The van der Waals surface area contributed by atoms with Gasteiger partial charge in [-0.05, 0) is 49.4 Å². The molecule has 2 N–H and O–H groups in total. The Bertz CT molecular complexity index is 377. The van der Waals surface area contributed by atoms with Crippen molar-refractivity contribution >= 4 is 11.6 Å². The molecule has 1 aliphatic heterocycles. The van der Waals surface area contributed by atoms with Gasteiger partial charge in [-0.2, -0.15) is 0 Å². The molecule has 1 fully saturated rings. The Labute approximate surface area is 121 Å². The number of benzene rings is 1. The molecule has 0 aromatic heterocycles. The average Bonchev–Trinajstić information content (AvgIpc) is 2.38. The normalized spacial score (nSPS) is 24.6. The number of halogens is 1. The van der Waals surface area contributed by atoms with Crippen molar-refractivity contribution in [3.63, 3.8) is 0 Å². The number of hydrogen-bond acceptors (Lipinski definition) is 2. The molecule has 1 heterocycles. The van der Waals surface area contributed by atoms with Crippen molar-refractivity contribution in [2.24, 2.45) is 11.7 Å². The van der Waals surface area contributed by atoms with Crippen LogP contribution in [-0.4, -0.2) is 30.6 Å². The van der Waals surface area contributed by atoms with Crippen LogP contribution in [0.3, 0.4) is 0 Å². The molecule has 0 saturated carbocycles. The van der Waals surface area contributed by atoms with Gasteiger partial charge in [-0.25, -0.2) is 0 Å². The van der Waals surface area contributed by atoms with Gasteiger partial charge in [0.15, 0.2) is 0 Å². The van der Waals surface area contributed by atoms with Gasteiger partial charge in [0.25, 0.3) is 0 Å². The van der Waals surface area contributed by atoms with Crippen LogP contribution in [0.1, 0.15) is 31.7 Å². The minimum absolute atomic E-state index is 0.336. The summed E-state index contributed by atoms with van der Waals surface area (Å²) in [4.78, 5) is 2.54. The van der Waals surface area contributed by atoms with Crippen molar-refractivity contribution in [1.82, 2.24) is 4.90 Å². The fourth-order valence-electron chi connectivity index (χ4n) is 3.01. The summed E-state index contributed by atoms with van der Waals surface area (Å²) >= 11 is 5.93. The highest BCUT2D eigenvalue weighted by Crippen LogP contribution is 2.21. The molecule has 2 rings (SSSR count). The zero-order chi connectivity index (χ0) is 13.7. The fraction of sp³-hybridized carbons (Fsp3) is 0.625. The summed E-state index contributed by atoms with van der Waals surface area (Å²) in [7, 11) is 0. The van der Waals surface area contributed by atoms with E-state index in [-0.39, 0.29) is 0 Å². The zero-order valence-electron chi connectivity index (χ0n) is 11.8. The Morgan fingerprint density at radius 3 is 2.68 bits per heavy atom. The Morgan fingerprint density at radius 2 is 2.00 bits per heavy atom. The second kappa shape index (κ2) is 7.28. The first-order chi connectivity index (χ1) is 9.17. The molecule has 0 amide bonds. The van der Waals surface area contributed by atoms with Gasteiger partial charge in [-0.3, -0.25) is 0 Å². The Balaban J connectivity index is 1.90. The Kier molecular flexibility index (Phi) is 5.68. The number of nitrogens with zero attached hydrogens (tertiary/aromatic N) is 1. The van der Waals surface area contributed by atoms with E-state index in [0.717, 1.165) is 24.4 Å². The lowest BCUT2D eigenvalue weighted by molar-refractivity contribution is 0.154. The van der Waals surface area contributed by atoms with Gasteiger partial charge in [-0.15, -0.1) is 0 Å². The molecule has 0 spiro atoms. The maximum absolute atomic E-state index is 6.20. The van der Waals surface area contributed by atoms with Crippen LogP contribution < -0.4 is 5.73 Å². The van der Waals surface area contributed by atoms with Crippen LogP contribution in [0.25, 0.3) is 0 Å². The van der Waals surface area contributed by atoms with E-state index in [9.17, 15) is 0 Å². The second-order valence-electron chi connectivity index (χ2n) is 5.81. The van der Waals surface area contributed by atoms with Gasteiger partial charge in [-0.1, -0.05) is 37.1 Å². The van der Waals surface area contributed by atoms with Gasteiger partial charge < -0.3 is 10.6 Å². The number of likely N-dealkylation sites (tertiary alicyclic amines) is 1. The smallest absolute Gasteiger partial charge is 0.0406 e. The predicted octanol–water partition coefficient (Wildman–Crippen LogP) is 3.33. The first-order valence-corrected chi connectivity index (χ1v) is 7.77. The minimum atomic E-state index is 0.336. The van der Waals surface area contributed by atoms with Crippen LogP contribution >= 0.6 is 11.6 Å².